The van der Waals surface area contributed by atoms with Crippen molar-refractivity contribution in [3.05, 3.63) is 69.0 Å². The third-order valence-corrected chi connectivity index (χ3v) is 3.84. The lowest BCUT2D eigenvalue weighted by atomic mass is 9.98. The zero-order valence-corrected chi connectivity index (χ0v) is 12.2. The first kappa shape index (κ1) is 14.3. The summed E-state index contributed by atoms with van der Waals surface area (Å²) in [4.78, 5) is 0. The number of halogens is 3. The van der Waals surface area contributed by atoms with E-state index < -0.39 is 0 Å². The van der Waals surface area contributed by atoms with Crippen molar-refractivity contribution in [2.24, 2.45) is 0 Å². The summed E-state index contributed by atoms with van der Waals surface area (Å²) in [6.07, 6.45) is 0. The molecular weight excluding hydrogens is 284 g/mol. The van der Waals surface area contributed by atoms with Crippen LogP contribution in [0.4, 0.5) is 4.39 Å². The molecule has 1 unspecified atom stereocenters. The molecule has 0 saturated carbocycles. The highest BCUT2D eigenvalue weighted by atomic mass is 35.5. The van der Waals surface area contributed by atoms with Crippen molar-refractivity contribution >= 4 is 23.2 Å². The van der Waals surface area contributed by atoms with Gasteiger partial charge in [-0.2, -0.15) is 0 Å². The van der Waals surface area contributed by atoms with Crippen molar-refractivity contribution in [3.63, 3.8) is 0 Å². The quantitative estimate of drug-likeness (QED) is 0.862. The van der Waals surface area contributed by atoms with E-state index in [1.54, 1.807) is 13.1 Å². The predicted octanol–water partition coefficient (Wildman–Crippen LogP) is 4.75. The second-order valence-electron chi connectivity index (χ2n) is 4.40. The molecule has 0 aliphatic rings. The lowest BCUT2D eigenvalue weighted by Crippen LogP contribution is -2.18. The minimum absolute atomic E-state index is 0.193. The van der Waals surface area contributed by atoms with Gasteiger partial charge in [-0.1, -0.05) is 35.3 Å². The number of aryl methyl sites for hydroxylation is 1. The maximum absolute atomic E-state index is 13.4. The normalized spacial score (nSPS) is 12.5. The molecule has 2 rings (SSSR count). The SMILES string of the molecule is CNC(c1ccc(C)c(Cl)c1)c1cc(F)ccc1Cl. The Morgan fingerprint density at radius 3 is 2.42 bits per heavy atom. The van der Waals surface area contributed by atoms with E-state index >= 15 is 0 Å². The summed E-state index contributed by atoms with van der Waals surface area (Å²) in [7, 11) is 1.81. The number of hydrogen-bond donors (Lipinski definition) is 1. The molecule has 0 aliphatic heterocycles. The highest BCUT2D eigenvalue weighted by molar-refractivity contribution is 6.31. The van der Waals surface area contributed by atoms with Crippen LogP contribution in [0.15, 0.2) is 36.4 Å². The van der Waals surface area contributed by atoms with Crippen LogP contribution < -0.4 is 5.32 Å². The van der Waals surface area contributed by atoms with Crippen LogP contribution in [0.25, 0.3) is 0 Å². The van der Waals surface area contributed by atoms with Crippen molar-refractivity contribution in [3.8, 4) is 0 Å². The van der Waals surface area contributed by atoms with Gasteiger partial charge in [0.05, 0.1) is 6.04 Å². The van der Waals surface area contributed by atoms with Crippen LogP contribution in [0.5, 0.6) is 0 Å². The van der Waals surface area contributed by atoms with Gasteiger partial charge in [0.2, 0.25) is 0 Å². The molecular formula is C15H14Cl2FN. The molecule has 0 heterocycles. The first-order valence-corrected chi connectivity index (χ1v) is 6.66. The van der Waals surface area contributed by atoms with Gasteiger partial charge in [0.15, 0.2) is 0 Å². The highest BCUT2D eigenvalue weighted by Gasteiger charge is 2.16. The summed E-state index contributed by atoms with van der Waals surface area (Å²) in [6, 6.07) is 9.93. The summed E-state index contributed by atoms with van der Waals surface area (Å²) < 4.78 is 13.4. The van der Waals surface area contributed by atoms with Gasteiger partial charge < -0.3 is 5.32 Å². The second-order valence-corrected chi connectivity index (χ2v) is 5.21. The number of benzene rings is 2. The van der Waals surface area contributed by atoms with Crippen molar-refractivity contribution in [1.82, 2.24) is 5.32 Å². The lowest BCUT2D eigenvalue weighted by Gasteiger charge is -2.19. The number of rotatable bonds is 3. The fourth-order valence-electron chi connectivity index (χ4n) is 2.03. The zero-order valence-electron chi connectivity index (χ0n) is 10.7. The van der Waals surface area contributed by atoms with Gasteiger partial charge in [-0.15, -0.1) is 0 Å². The van der Waals surface area contributed by atoms with E-state index in [1.165, 1.54) is 12.1 Å². The van der Waals surface area contributed by atoms with Crippen molar-refractivity contribution in [2.45, 2.75) is 13.0 Å². The van der Waals surface area contributed by atoms with Gasteiger partial charge in [0, 0.05) is 10.0 Å². The molecule has 2 aromatic rings. The number of hydrogen-bond acceptors (Lipinski definition) is 1. The van der Waals surface area contributed by atoms with E-state index in [9.17, 15) is 4.39 Å². The largest absolute Gasteiger partial charge is 0.309 e. The lowest BCUT2D eigenvalue weighted by molar-refractivity contribution is 0.617. The standard InChI is InChI=1S/C15H14Cl2FN/c1-9-3-4-10(7-14(9)17)15(19-2)12-8-11(18)5-6-13(12)16/h3-8,15,19H,1-2H3. The van der Waals surface area contributed by atoms with Crippen molar-refractivity contribution < 1.29 is 4.39 Å². The van der Waals surface area contributed by atoms with E-state index in [-0.39, 0.29) is 11.9 Å². The Balaban J connectivity index is 2.49. The molecule has 19 heavy (non-hydrogen) atoms. The predicted molar refractivity (Wildman–Crippen MR) is 78.5 cm³/mol. The average molecular weight is 298 g/mol. The summed E-state index contributed by atoms with van der Waals surface area (Å²) in [5.41, 5.74) is 2.65. The van der Waals surface area contributed by atoms with Crippen LogP contribution in [0.1, 0.15) is 22.7 Å². The fourth-order valence-corrected chi connectivity index (χ4v) is 2.44. The second kappa shape index (κ2) is 5.91. The van der Waals surface area contributed by atoms with Gasteiger partial charge in [-0.25, -0.2) is 4.39 Å². The first-order valence-electron chi connectivity index (χ1n) is 5.91. The summed E-state index contributed by atoms with van der Waals surface area (Å²) >= 11 is 12.3. The minimum atomic E-state index is -0.308. The molecule has 100 valence electrons. The summed E-state index contributed by atoms with van der Waals surface area (Å²) in [5, 5.41) is 4.35. The Kier molecular flexibility index (Phi) is 4.46. The van der Waals surface area contributed by atoms with E-state index in [1.807, 2.05) is 25.1 Å². The Morgan fingerprint density at radius 1 is 1.05 bits per heavy atom. The smallest absolute Gasteiger partial charge is 0.123 e. The molecule has 0 spiro atoms. The molecule has 0 fully saturated rings. The Morgan fingerprint density at radius 2 is 1.79 bits per heavy atom. The molecule has 0 aromatic heterocycles. The van der Waals surface area contributed by atoms with Gasteiger partial charge in [-0.3, -0.25) is 0 Å². The molecule has 0 amide bonds. The van der Waals surface area contributed by atoms with Gasteiger partial charge in [-0.05, 0) is 54.9 Å². The van der Waals surface area contributed by atoms with E-state index in [2.05, 4.69) is 5.32 Å². The third kappa shape index (κ3) is 3.08. The molecule has 1 atom stereocenters. The summed E-state index contributed by atoms with van der Waals surface area (Å²) in [5.74, 6) is -0.308. The van der Waals surface area contributed by atoms with Crippen molar-refractivity contribution in [1.29, 1.82) is 0 Å². The van der Waals surface area contributed by atoms with E-state index in [0.717, 1.165) is 11.1 Å². The highest BCUT2D eigenvalue weighted by Crippen LogP contribution is 2.30. The minimum Gasteiger partial charge on any atom is -0.309 e. The van der Waals surface area contributed by atoms with Crippen LogP contribution in [0.3, 0.4) is 0 Å². The first-order chi connectivity index (χ1) is 9.02. The molecule has 0 bridgehead atoms. The molecule has 1 N–H and O–H groups in total. The van der Waals surface area contributed by atoms with Crippen LogP contribution in [-0.4, -0.2) is 7.05 Å². The van der Waals surface area contributed by atoms with Gasteiger partial charge >= 0.3 is 0 Å². The molecule has 4 heteroatoms. The maximum atomic E-state index is 13.4. The van der Waals surface area contributed by atoms with E-state index in [0.29, 0.717) is 15.6 Å². The van der Waals surface area contributed by atoms with Gasteiger partial charge in [0.1, 0.15) is 5.82 Å². The van der Waals surface area contributed by atoms with Crippen LogP contribution in [-0.2, 0) is 0 Å². The molecule has 0 saturated heterocycles. The van der Waals surface area contributed by atoms with Crippen LogP contribution in [0.2, 0.25) is 10.0 Å². The van der Waals surface area contributed by atoms with Crippen molar-refractivity contribution in [2.75, 3.05) is 7.05 Å². The zero-order chi connectivity index (χ0) is 14.0. The molecule has 2 aromatic carbocycles. The fraction of sp³-hybridized carbons (Fsp3) is 0.200. The van der Waals surface area contributed by atoms with Crippen LogP contribution in [0, 0.1) is 12.7 Å². The third-order valence-electron chi connectivity index (χ3n) is 3.09. The molecule has 1 nitrogen and oxygen atoms in total. The average Bonchev–Trinajstić information content (AvgIpc) is 2.38. The Labute approximate surface area is 122 Å². The topological polar surface area (TPSA) is 12.0 Å². The number of nitrogens with one attached hydrogen (secondary N) is 1. The van der Waals surface area contributed by atoms with E-state index in [4.69, 9.17) is 23.2 Å². The molecule has 0 aliphatic carbocycles. The summed E-state index contributed by atoms with van der Waals surface area (Å²) in [6.45, 7) is 1.94. The maximum Gasteiger partial charge on any atom is 0.123 e. The molecule has 0 radical (unpaired) electrons. The van der Waals surface area contributed by atoms with Crippen LogP contribution >= 0.6 is 23.2 Å². The Hall–Kier alpha value is -1.09. The van der Waals surface area contributed by atoms with Gasteiger partial charge in [0.25, 0.3) is 0 Å². The monoisotopic (exact) mass is 297 g/mol. The Bertz CT molecular complexity index is 599.